The van der Waals surface area contributed by atoms with Gasteiger partial charge in [-0.2, -0.15) is 4.98 Å². The quantitative estimate of drug-likeness (QED) is 0.460. The van der Waals surface area contributed by atoms with Gasteiger partial charge in [-0.25, -0.2) is 19.8 Å². The zero-order valence-corrected chi connectivity index (χ0v) is 6.30. The molecule has 1 N–H and O–H groups in total. The van der Waals surface area contributed by atoms with Crippen molar-refractivity contribution in [2.75, 3.05) is 0 Å². The highest BCUT2D eigenvalue weighted by atomic mass is 16.1. The Balaban J connectivity index is 2.73. The Hall–Kier alpha value is -2.18. The first kappa shape index (κ1) is 6.35. The third-order valence-corrected chi connectivity index (χ3v) is 1.77. The second-order valence-electron chi connectivity index (χ2n) is 2.49. The van der Waals surface area contributed by atoms with Gasteiger partial charge >= 0.3 is 5.69 Å². The van der Waals surface area contributed by atoms with Crippen LogP contribution in [-0.4, -0.2) is 20.9 Å². The Bertz CT molecular complexity index is 626. The molecule has 0 aliphatic carbocycles. The van der Waals surface area contributed by atoms with Gasteiger partial charge < -0.3 is 0 Å². The van der Waals surface area contributed by atoms with Crippen molar-refractivity contribution in [1.29, 1.82) is 0 Å². The zero-order chi connectivity index (χ0) is 8.84. The highest BCUT2D eigenvalue weighted by molar-refractivity contribution is 5.67. The summed E-state index contributed by atoms with van der Waals surface area (Å²) < 4.78 is 1.15. The molecule has 2 aromatic heterocycles. The SMILES string of the molecule is O=c1nc2c(c3[nH+]cnn13)=NC=N2. The average Bonchev–Trinajstić information content (AvgIpc) is 2.66. The molecule has 0 aromatic carbocycles. The van der Waals surface area contributed by atoms with Crippen molar-refractivity contribution in [3.05, 3.63) is 22.2 Å². The number of nitrogens with zero attached hydrogens (tertiary/aromatic N) is 5. The van der Waals surface area contributed by atoms with E-state index in [1.54, 1.807) is 0 Å². The number of nitrogens with one attached hydrogen (secondary N) is 1. The fourth-order valence-electron chi connectivity index (χ4n) is 1.23. The summed E-state index contributed by atoms with van der Waals surface area (Å²) in [6.45, 7) is 0. The highest BCUT2D eigenvalue weighted by Crippen LogP contribution is 2.00. The van der Waals surface area contributed by atoms with Gasteiger partial charge in [-0.05, 0) is 4.52 Å². The lowest BCUT2D eigenvalue weighted by Gasteiger charge is -1.83. The molecule has 13 heavy (non-hydrogen) atoms. The Morgan fingerprint density at radius 2 is 2.38 bits per heavy atom. The molecule has 0 saturated heterocycles. The van der Waals surface area contributed by atoms with Gasteiger partial charge in [0.1, 0.15) is 6.34 Å². The summed E-state index contributed by atoms with van der Waals surface area (Å²) >= 11 is 0. The van der Waals surface area contributed by atoms with Gasteiger partial charge in [-0.3, -0.25) is 0 Å². The van der Waals surface area contributed by atoms with E-state index in [1.807, 2.05) is 0 Å². The van der Waals surface area contributed by atoms with Crippen LogP contribution in [0.5, 0.6) is 0 Å². The van der Waals surface area contributed by atoms with Crippen LogP contribution in [0.2, 0.25) is 0 Å². The standard InChI is InChI=1S/C6H2N6O/c13-6-11-4-3(7-1-8-4)5-9-2-10-12(5)6/h1-2H/p+1. The fraction of sp³-hybridized carbons (Fsp3) is 0. The summed E-state index contributed by atoms with van der Waals surface area (Å²) in [6, 6.07) is 0. The first-order valence-corrected chi connectivity index (χ1v) is 3.56. The summed E-state index contributed by atoms with van der Waals surface area (Å²) in [4.78, 5) is 25.5. The van der Waals surface area contributed by atoms with E-state index in [0.29, 0.717) is 16.8 Å². The summed E-state index contributed by atoms with van der Waals surface area (Å²) in [5.74, 6) is 0.342. The predicted molar refractivity (Wildman–Crippen MR) is 40.7 cm³/mol. The molecule has 0 radical (unpaired) electrons. The third-order valence-electron chi connectivity index (χ3n) is 1.77. The van der Waals surface area contributed by atoms with Crippen LogP contribution in [0, 0.1) is 0 Å². The minimum absolute atomic E-state index is 0.342. The van der Waals surface area contributed by atoms with Crippen molar-refractivity contribution < 1.29 is 4.98 Å². The molecule has 7 heteroatoms. The molecule has 0 atom stereocenters. The maximum absolute atomic E-state index is 11.3. The molecule has 7 nitrogen and oxygen atoms in total. The van der Waals surface area contributed by atoms with E-state index in [-0.39, 0.29) is 0 Å². The molecule has 62 valence electrons. The van der Waals surface area contributed by atoms with Gasteiger partial charge in [-0.15, -0.1) is 0 Å². The Labute approximate surface area is 70.5 Å². The van der Waals surface area contributed by atoms with Gasteiger partial charge in [0.25, 0.3) is 12.0 Å². The van der Waals surface area contributed by atoms with E-state index in [9.17, 15) is 4.79 Å². The predicted octanol–water partition coefficient (Wildman–Crippen LogP) is -2.08. The Kier molecular flexibility index (Phi) is 0.950. The van der Waals surface area contributed by atoms with E-state index < -0.39 is 5.69 Å². The molecule has 1 aliphatic heterocycles. The first-order valence-electron chi connectivity index (χ1n) is 3.56. The minimum atomic E-state index is -0.454. The van der Waals surface area contributed by atoms with Gasteiger partial charge in [0.05, 0.1) is 0 Å². The van der Waals surface area contributed by atoms with Crippen LogP contribution >= 0.6 is 0 Å². The number of aromatic nitrogens is 4. The maximum Gasteiger partial charge on any atom is 0.444 e. The molecule has 0 unspecified atom stereocenters. The van der Waals surface area contributed by atoms with Crippen molar-refractivity contribution in [3.63, 3.8) is 0 Å². The van der Waals surface area contributed by atoms with E-state index in [4.69, 9.17) is 0 Å². The minimum Gasteiger partial charge on any atom is -0.242 e. The zero-order valence-electron chi connectivity index (χ0n) is 6.30. The second-order valence-corrected chi connectivity index (χ2v) is 2.49. The van der Waals surface area contributed by atoms with Gasteiger partial charge in [0.15, 0.2) is 11.2 Å². The molecule has 0 saturated carbocycles. The maximum atomic E-state index is 11.3. The molecule has 2 aromatic rings. The number of H-pyrrole nitrogens is 1. The highest BCUT2D eigenvalue weighted by Gasteiger charge is 2.17. The topological polar surface area (TPSA) is 86.1 Å². The fourth-order valence-corrected chi connectivity index (χ4v) is 1.23. The van der Waals surface area contributed by atoms with E-state index >= 15 is 0 Å². The van der Waals surface area contributed by atoms with Gasteiger partial charge in [0.2, 0.25) is 0 Å². The van der Waals surface area contributed by atoms with Crippen molar-refractivity contribution in [2.24, 2.45) is 9.98 Å². The second kappa shape index (κ2) is 1.94. The van der Waals surface area contributed by atoms with Crippen LogP contribution in [0.15, 0.2) is 21.1 Å². The molecule has 0 bridgehead atoms. The number of aromatic amines is 1. The smallest absolute Gasteiger partial charge is 0.242 e. The molecule has 0 spiro atoms. The molecule has 3 heterocycles. The van der Waals surface area contributed by atoms with Crippen LogP contribution in [0.25, 0.3) is 5.65 Å². The molecule has 1 aliphatic rings. The number of aliphatic imine (C=N–C) groups is 1. The third kappa shape index (κ3) is 0.675. The lowest BCUT2D eigenvalue weighted by molar-refractivity contribution is -0.347. The monoisotopic (exact) mass is 175 g/mol. The summed E-state index contributed by atoms with van der Waals surface area (Å²) in [5.41, 5.74) is 0.0664. The van der Waals surface area contributed by atoms with Crippen LogP contribution in [0.4, 0.5) is 5.82 Å². The number of hydrogen-bond donors (Lipinski definition) is 0. The Morgan fingerprint density at radius 1 is 1.46 bits per heavy atom. The summed E-state index contributed by atoms with van der Waals surface area (Å²) in [7, 11) is 0. The molecular weight excluding hydrogens is 172 g/mol. The van der Waals surface area contributed by atoms with Crippen molar-refractivity contribution in [3.8, 4) is 0 Å². The molecule has 0 amide bonds. The Morgan fingerprint density at radius 3 is 3.31 bits per heavy atom. The largest absolute Gasteiger partial charge is 0.444 e. The van der Waals surface area contributed by atoms with Crippen molar-refractivity contribution >= 4 is 17.8 Å². The van der Waals surface area contributed by atoms with E-state index in [1.165, 1.54) is 12.7 Å². The van der Waals surface area contributed by atoms with Crippen molar-refractivity contribution in [2.45, 2.75) is 0 Å². The normalized spacial score (nSPS) is 13.2. The van der Waals surface area contributed by atoms with E-state index in [2.05, 4.69) is 25.1 Å². The number of hydrogen-bond acceptors (Lipinski definition) is 5. The van der Waals surface area contributed by atoms with Crippen molar-refractivity contribution in [1.82, 2.24) is 14.6 Å². The van der Waals surface area contributed by atoms with E-state index in [0.717, 1.165) is 4.52 Å². The molecule has 3 rings (SSSR count). The van der Waals surface area contributed by atoms with Gasteiger partial charge in [-0.1, -0.05) is 0 Å². The van der Waals surface area contributed by atoms with Gasteiger partial charge in [0, 0.05) is 5.10 Å². The van der Waals surface area contributed by atoms with Crippen LogP contribution < -0.4 is 16.0 Å². The number of rotatable bonds is 0. The summed E-state index contributed by atoms with van der Waals surface area (Å²) in [6.07, 6.45) is 2.77. The molecule has 0 fully saturated rings. The molecular formula is C6H3N6O+. The van der Waals surface area contributed by atoms with Crippen LogP contribution in [0.3, 0.4) is 0 Å². The lowest BCUT2D eigenvalue weighted by atomic mass is 10.5. The first-order chi connectivity index (χ1) is 6.36. The van der Waals surface area contributed by atoms with Crippen LogP contribution in [-0.2, 0) is 0 Å². The lowest BCUT2D eigenvalue weighted by Crippen LogP contribution is -2.26. The summed E-state index contributed by atoms with van der Waals surface area (Å²) in [5, 5.41) is 4.32. The van der Waals surface area contributed by atoms with Crippen LogP contribution in [0.1, 0.15) is 0 Å². The number of fused-ring (bicyclic) bond motifs is 3. The average molecular weight is 175 g/mol.